The van der Waals surface area contributed by atoms with E-state index in [0.717, 1.165) is 6.54 Å². The molecular formula is C16H21N. The molecule has 0 aliphatic heterocycles. The first-order valence-corrected chi connectivity index (χ1v) is 6.19. The van der Waals surface area contributed by atoms with Crippen molar-refractivity contribution in [3.8, 4) is 11.1 Å². The fourth-order valence-corrected chi connectivity index (χ4v) is 1.65. The zero-order valence-corrected chi connectivity index (χ0v) is 10.9. The summed E-state index contributed by atoms with van der Waals surface area (Å²) in [4.78, 5) is 0. The molecule has 2 aromatic rings. The Morgan fingerprint density at radius 3 is 1.82 bits per heavy atom. The number of nitrogens with one attached hydrogen (secondary N) is 1. The van der Waals surface area contributed by atoms with Crippen LogP contribution >= 0.6 is 0 Å². The van der Waals surface area contributed by atoms with Crippen molar-refractivity contribution < 1.29 is 0 Å². The highest BCUT2D eigenvalue weighted by Crippen LogP contribution is 2.18. The second-order valence-corrected chi connectivity index (χ2v) is 3.59. The van der Waals surface area contributed by atoms with E-state index in [4.69, 9.17) is 0 Å². The fourth-order valence-electron chi connectivity index (χ4n) is 1.65. The van der Waals surface area contributed by atoms with Crippen LogP contribution in [0.15, 0.2) is 54.6 Å². The van der Waals surface area contributed by atoms with Gasteiger partial charge in [0.25, 0.3) is 0 Å². The monoisotopic (exact) mass is 227 g/mol. The third-order valence-corrected chi connectivity index (χ3v) is 2.44. The zero-order valence-electron chi connectivity index (χ0n) is 10.9. The first-order valence-electron chi connectivity index (χ1n) is 6.19. The molecule has 0 saturated carbocycles. The molecule has 0 aromatic heterocycles. The van der Waals surface area contributed by atoms with Crippen LogP contribution in [0.5, 0.6) is 0 Å². The SMILES string of the molecule is CC.CNCc1ccc(-c2ccccc2)cc1. The van der Waals surface area contributed by atoms with Crippen molar-refractivity contribution >= 4 is 0 Å². The van der Waals surface area contributed by atoms with Crippen LogP contribution < -0.4 is 5.32 Å². The molecule has 0 bridgehead atoms. The van der Waals surface area contributed by atoms with E-state index in [1.165, 1.54) is 16.7 Å². The molecular weight excluding hydrogens is 206 g/mol. The van der Waals surface area contributed by atoms with Gasteiger partial charge in [0, 0.05) is 6.54 Å². The van der Waals surface area contributed by atoms with Gasteiger partial charge >= 0.3 is 0 Å². The highest BCUT2D eigenvalue weighted by Gasteiger charge is 1.96. The molecule has 1 nitrogen and oxygen atoms in total. The highest BCUT2D eigenvalue weighted by molar-refractivity contribution is 5.63. The standard InChI is InChI=1S/C14H15N.C2H6/c1-15-11-12-7-9-14(10-8-12)13-5-3-2-4-6-13;1-2/h2-10,15H,11H2,1H3;1-2H3. The molecule has 1 N–H and O–H groups in total. The summed E-state index contributed by atoms with van der Waals surface area (Å²) in [5, 5.41) is 3.14. The van der Waals surface area contributed by atoms with Crippen LogP contribution in [0.1, 0.15) is 19.4 Å². The third-order valence-electron chi connectivity index (χ3n) is 2.44. The van der Waals surface area contributed by atoms with Gasteiger partial charge in [0.15, 0.2) is 0 Å². The van der Waals surface area contributed by atoms with Crippen molar-refractivity contribution in [2.24, 2.45) is 0 Å². The van der Waals surface area contributed by atoms with E-state index < -0.39 is 0 Å². The Morgan fingerprint density at radius 2 is 1.29 bits per heavy atom. The van der Waals surface area contributed by atoms with Crippen LogP contribution in [0.2, 0.25) is 0 Å². The topological polar surface area (TPSA) is 12.0 Å². The summed E-state index contributed by atoms with van der Waals surface area (Å²) in [6.07, 6.45) is 0. The highest BCUT2D eigenvalue weighted by atomic mass is 14.8. The van der Waals surface area contributed by atoms with Crippen LogP contribution in [-0.4, -0.2) is 7.05 Å². The number of hydrogen-bond donors (Lipinski definition) is 1. The van der Waals surface area contributed by atoms with Gasteiger partial charge in [-0.05, 0) is 23.7 Å². The van der Waals surface area contributed by atoms with Gasteiger partial charge in [-0.3, -0.25) is 0 Å². The van der Waals surface area contributed by atoms with Crippen molar-refractivity contribution in [3.63, 3.8) is 0 Å². The molecule has 0 aliphatic carbocycles. The molecule has 90 valence electrons. The largest absolute Gasteiger partial charge is 0.316 e. The molecule has 2 rings (SSSR count). The van der Waals surface area contributed by atoms with Gasteiger partial charge in [0.05, 0.1) is 0 Å². The molecule has 0 fully saturated rings. The summed E-state index contributed by atoms with van der Waals surface area (Å²) in [5.41, 5.74) is 3.86. The Bertz CT molecular complexity index is 403. The van der Waals surface area contributed by atoms with E-state index in [9.17, 15) is 0 Å². The number of benzene rings is 2. The van der Waals surface area contributed by atoms with E-state index in [-0.39, 0.29) is 0 Å². The average molecular weight is 227 g/mol. The van der Waals surface area contributed by atoms with Gasteiger partial charge in [0.2, 0.25) is 0 Å². The third kappa shape index (κ3) is 4.04. The van der Waals surface area contributed by atoms with Crippen LogP contribution in [0, 0.1) is 0 Å². The lowest BCUT2D eigenvalue weighted by molar-refractivity contribution is 0.818. The summed E-state index contributed by atoms with van der Waals surface area (Å²) in [5.74, 6) is 0. The van der Waals surface area contributed by atoms with Crippen molar-refractivity contribution in [2.45, 2.75) is 20.4 Å². The van der Waals surface area contributed by atoms with Crippen LogP contribution in [0.4, 0.5) is 0 Å². The minimum atomic E-state index is 0.926. The van der Waals surface area contributed by atoms with Crippen molar-refractivity contribution in [1.82, 2.24) is 5.32 Å². The second-order valence-electron chi connectivity index (χ2n) is 3.59. The second kappa shape index (κ2) is 7.64. The van der Waals surface area contributed by atoms with E-state index in [1.807, 2.05) is 27.0 Å². The van der Waals surface area contributed by atoms with E-state index in [0.29, 0.717) is 0 Å². The van der Waals surface area contributed by atoms with Crippen LogP contribution in [0.25, 0.3) is 11.1 Å². The van der Waals surface area contributed by atoms with E-state index in [2.05, 4.69) is 53.8 Å². The molecule has 0 saturated heterocycles. The molecule has 0 radical (unpaired) electrons. The maximum Gasteiger partial charge on any atom is 0.0202 e. The lowest BCUT2D eigenvalue weighted by atomic mass is 10.0. The van der Waals surface area contributed by atoms with Crippen molar-refractivity contribution in [2.75, 3.05) is 7.05 Å². The van der Waals surface area contributed by atoms with E-state index >= 15 is 0 Å². The lowest BCUT2D eigenvalue weighted by Gasteiger charge is -2.03. The Hall–Kier alpha value is -1.60. The predicted molar refractivity (Wildman–Crippen MR) is 76.0 cm³/mol. The average Bonchev–Trinajstić information content (AvgIpc) is 2.43. The number of hydrogen-bond acceptors (Lipinski definition) is 1. The zero-order chi connectivity index (χ0) is 12.5. The Morgan fingerprint density at radius 1 is 0.765 bits per heavy atom. The first-order chi connectivity index (χ1) is 8.40. The number of rotatable bonds is 3. The van der Waals surface area contributed by atoms with Crippen LogP contribution in [-0.2, 0) is 6.54 Å². The quantitative estimate of drug-likeness (QED) is 0.832. The maximum absolute atomic E-state index is 3.14. The molecule has 0 atom stereocenters. The summed E-state index contributed by atoms with van der Waals surface area (Å²) < 4.78 is 0. The van der Waals surface area contributed by atoms with Gasteiger partial charge in [-0.1, -0.05) is 68.4 Å². The van der Waals surface area contributed by atoms with Gasteiger partial charge in [-0.15, -0.1) is 0 Å². The van der Waals surface area contributed by atoms with Gasteiger partial charge in [0.1, 0.15) is 0 Å². The summed E-state index contributed by atoms with van der Waals surface area (Å²) in [6.45, 7) is 4.93. The smallest absolute Gasteiger partial charge is 0.0202 e. The predicted octanol–water partition coefficient (Wildman–Crippen LogP) is 4.10. The normalized spacial score (nSPS) is 9.35. The fraction of sp³-hybridized carbons (Fsp3) is 0.250. The molecule has 0 heterocycles. The summed E-state index contributed by atoms with van der Waals surface area (Å²) >= 11 is 0. The first kappa shape index (κ1) is 13.5. The molecule has 1 heteroatoms. The maximum atomic E-state index is 3.14. The Kier molecular flexibility index (Phi) is 6.05. The Balaban J connectivity index is 0.000000686. The molecule has 0 amide bonds. The lowest BCUT2D eigenvalue weighted by Crippen LogP contribution is -2.04. The van der Waals surface area contributed by atoms with Gasteiger partial charge in [-0.2, -0.15) is 0 Å². The minimum Gasteiger partial charge on any atom is -0.316 e. The van der Waals surface area contributed by atoms with Crippen molar-refractivity contribution in [1.29, 1.82) is 0 Å². The van der Waals surface area contributed by atoms with Crippen molar-refractivity contribution in [3.05, 3.63) is 60.2 Å². The molecule has 0 unspecified atom stereocenters. The van der Waals surface area contributed by atoms with Crippen LogP contribution in [0.3, 0.4) is 0 Å². The summed E-state index contributed by atoms with van der Waals surface area (Å²) in [6, 6.07) is 19.1. The molecule has 17 heavy (non-hydrogen) atoms. The van der Waals surface area contributed by atoms with Gasteiger partial charge in [-0.25, -0.2) is 0 Å². The minimum absolute atomic E-state index is 0.926. The molecule has 0 aliphatic rings. The molecule has 0 spiro atoms. The molecule has 2 aromatic carbocycles. The van der Waals surface area contributed by atoms with E-state index in [1.54, 1.807) is 0 Å². The van der Waals surface area contributed by atoms with Gasteiger partial charge < -0.3 is 5.32 Å². The Labute approximate surface area is 105 Å². The summed E-state index contributed by atoms with van der Waals surface area (Å²) in [7, 11) is 1.96.